The highest BCUT2D eigenvalue weighted by Gasteiger charge is 2.28. The van der Waals surface area contributed by atoms with E-state index in [1.54, 1.807) is 24.1 Å². The maximum absolute atomic E-state index is 12.5. The van der Waals surface area contributed by atoms with E-state index in [4.69, 9.17) is 9.47 Å². The molecule has 0 bridgehead atoms. The first kappa shape index (κ1) is 14.8. The van der Waals surface area contributed by atoms with E-state index in [1.807, 2.05) is 19.9 Å². The number of nitrogens with zero attached hydrogens (tertiary/aromatic N) is 1. The summed E-state index contributed by atoms with van der Waals surface area (Å²) in [7, 11) is 1.59. The van der Waals surface area contributed by atoms with Crippen molar-refractivity contribution in [2.45, 2.75) is 26.1 Å². The van der Waals surface area contributed by atoms with E-state index < -0.39 is 0 Å². The lowest BCUT2D eigenvalue weighted by Crippen LogP contribution is -2.50. The van der Waals surface area contributed by atoms with Crippen LogP contribution in [0.5, 0.6) is 5.75 Å². The van der Waals surface area contributed by atoms with Crippen LogP contribution in [0.3, 0.4) is 0 Å². The molecule has 1 aromatic rings. The highest BCUT2D eigenvalue weighted by atomic mass is 16.5. The summed E-state index contributed by atoms with van der Waals surface area (Å²) in [5.74, 6) is 0.646. The Morgan fingerprint density at radius 1 is 1.50 bits per heavy atom. The molecule has 1 amide bonds. The van der Waals surface area contributed by atoms with Crippen molar-refractivity contribution in [1.29, 1.82) is 0 Å². The summed E-state index contributed by atoms with van der Waals surface area (Å²) in [4.78, 5) is 14.2. The first-order chi connectivity index (χ1) is 9.55. The minimum atomic E-state index is -0.310. The fourth-order valence-corrected chi connectivity index (χ4v) is 2.45. The molecule has 0 spiro atoms. The van der Waals surface area contributed by atoms with Crippen LogP contribution in [0.2, 0.25) is 0 Å². The van der Waals surface area contributed by atoms with Crippen molar-refractivity contribution in [1.82, 2.24) is 4.90 Å². The van der Waals surface area contributed by atoms with E-state index in [2.05, 4.69) is 0 Å². The van der Waals surface area contributed by atoms with Crippen LogP contribution >= 0.6 is 0 Å². The van der Waals surface area contributed by atoms with Crippen LogP contribution in [0, 0.1) is 6.92 Å². The molecule has 1 saturated heterocycles. The zero-order valence-corrected chi connectivity index (χ0v) is 12.1. The summed E-state index contributed by atoms with van der Waals surface area (Å²) in [6, 6.07) is 5.43. The number of aliphatic hydroxyl groups is 1. The van der Waals surface area contributed by atoms with Gasteiger partial charge in [0.1, 0.15) is 5.75 Å². The van der Waals surface area contributed by atoms with Crippen LogP contribution < -0.4 is 4.74 Å². The Hall–Kier alpha value is -1.59. The van der Waals surface area contributed by atoms with Gasteiger partial charge in [0.05, 0.1) is 25.9 Å². The van der Waals surface area contributed by atoms with Crippen molar-refractivity contribution >= 4 is 5.91 Å². The third-order valence-corrected chi connectivity index (χ3v) is 3.47. The van der Waals surface area contributed by atoms with E-state index in [-0.39, 0.29) is 24.7 Å². The zero-order valence-electron chi connectivity index (χ0n) is 12.1. The molecule has 2 atom stereocenters. The molecular weight excluding hydrogens is 258 g/mol. The highest BCUT2D eigenvalue weighted by Crippen LogP contribution is 2.21. The predicted octanol–water partition coefficient (Wildman–Crippen LogP) is 1.23. The number of carbonyl (C=O) groups excluding carboxylic acids is 1. The van der Waals surface area contributed by atoms with Crippen molar-refractivity contribution in [2.24, 2.45) is 0 Å². The molecule has 2 unspecified atom stereocenters. The maximum Gasteiger partial charge on any atom is 0.254 e. The SMILES string of the molecule is COc1cc(C(=O)N2CC(C)OC(CO)C2)ccc1C. The Bertz CT molecular complexity index is 489. The van der Waals surface area contributed by atoms with Crippen molar-refractivity contribution in [3.05, 3.63) is 29.3 Å². The molecule has 1 fully saturated rings. The molecule has 5 nitrogen and oxygen atoms in total. The topological polar surface area (TPSA) is 59.0 Å². The molecule has 0 aliphatic carbocycles. The number of morpholine rings is 1. The summed E-state index contributed by atoms with van der Waals surface area (Å²) in [6.45, 7) is 4.70. The van der Waals surface area contributed by atoms with Crippen LogP contribution in [-0.2, 0) is 4.74 Å². The van der Waals surface area contributed by atoms with Crippen molar-refractivity contribution in [3.8, 4) is 5.75 Å². The smallest absolute Gasteiger partial charge is 0.254 e. The van der Waals surface area contributed by atoms with Gasteiger partial charge < -0.3 is 19.5 Å². The number of hydrogen-bond donors (Lipinski definition) is 1. The van der Waals surface area contributed by atoms with Gasteiger partial charge in [0.2, 0.25) is 0 Å². The van der Waals surface area contributed by atoms with Crippen molar-refractivity contribution in [3.63, 3.8) is 0 Å². The van der Waals surface area contributed by atoms with Gasteiger partial charge in [-0.05, 0) is 31.5 Å². The van der Waals surface area contributed by atoms with Crippen LogP contribution in [0.15, 0.2) is 18.2 Å². The molecule has 1 aromatic carbocycles. The number of carbonyl (C=O) groups is 1. The van der Waals surface area contributed by atoms with Gasteiger partial charge in [-0.25, -0.2) is 0 Å². The average molecular weight is 279 g/mol. The molecule has 1 heterocycles. The van der Waals surface area contributed by atoms with Gasteiger partial charge in [-0.15, -0.1) is 0 Å². The first-order valence-corrected chi connectivity index (χ1v) is 6.75. The molecule has 2 rings (SSSR count). The standard InChI is InChI=1S/C15H21NO4/c1-10-4-5-12(6-14(10)19-3)15(18)16-7-11(2)20-13(8-16)9-17/h4-6,11,13,17H,7-9H2,1-3H3. The molecular formula is C15H21NO4. The van der Waals surface area contributed by atoms with Gasteiger partial charge in [-0.3, -0.25) is 4.79 Å². The number of amides is 1. The Labute approximate surface area is 119 Å². The van der Waals surface area contributed by atoms with Crippen molar-refractivity contribution < 1.29 is 19.4 Å². The fraction of sp³-hybridized carbons (Fsp3) is 0.533. The number of hydrogen-bond acceptors (Lipinski definition) is 4. The normalized spacial score (nSPS) is 22.7. The van der Waals surface area contributed by atoms with Crippen molar-refractivity contribution in [2.75, 3.05) is 26.8 Å². The third-order valence-electron chi connectivity index (χ3n) is 3.47. The quantitative estimate of drug-likeness (QED) is 0.904. The number of ether oxygens (including phenoxy) is 2. The minimum absolute atomic E-state index is 0.0584. The molecule has 1 aliphatic heterocycles. The first-order valence-electron chi connectivity index (χ1n) is 6.75. The molecule has 20 heavy (non-hydrogen) atoms. The number of benzene rings is 1. The second-order valence-electron chi connectivity index (χ2n) is 5.15. The Kier molecular flexibility index (Phi) is 4.62. The van der Waals surface area contributed by atoms with Crippen LogP contribution in [0.25, 0.3) is 0 Å². The number of rotatable bonds is 3. The lowest BCUT2D eigenvalue weighted by molar-refractivity contribution is -0.0858. The maximum atomic E-state index is 12.5. The summed E-state index contributed by atoms with van der Waals surface area (Å²) < 4.78 is 10.8. The van der Waals surface area contributed by atoms with Crippen LogP contribution in [-0.4, -0.2) is 54.9 Å². The molecule has 0 radical (unpaired) electrons. The second kappa shape index (κ2) is 6.24. The van der Waals surface area contributed by atoms with E-state index >= 15 is 0 Å². The van der Waals surface area contributed by atoms with E-state index in [0.29, 0.717) is 24.4 Å². The molecule has 5 heteroatoms. The minimum Gasteiger partial charge on any atom is -0.496 e. The van der Waals surface area contributed by atoms with Crippen LogP contribution in [0.4, 0.5) is 0 Å². The van der Waals surface area contributed by atoms with E-state index in [1.165, 1.54) is 0 Å². The predicted molar refractivity (Wildman–Crippen MR) is 75.1 cm³/mol. The lowest BCUT2D eigenvalue weighted by atomic mass is 10.1. The van der Waals surface area contributed by atoms with Gasteiger partial charge >= 0.3 is 0 Å². The molecule has 1 aliphatic rings. The Morgan fingerprint density at radius 3 is 2.90 bits per heavy atom. The summed E-state index contributed by atoms with van der Waals surface area (Å²) in [5, 5.41) is 9.21. The van der Waals surface area contributed by atoms with E-state index in [0.717, 1.165) is 5.56 Å². The van der Waals surface area contributed by atoms with Gasteiger partial charge in [-0.1, -0.05) is 6.07 Å². The Balaban J connectivity index is 2.18. The van der Waals surface area contributed by atoms with Gasteiger partial charge in [0.25, 0.3) is 5.91 Å². The summed E-state index contributed by atoms with van der Waals surface area (Å²) in [5.41, 5.74) is 1.59. The molecule has 110 valence electrons. The molecule has 1 N–H and O–H groups in total. The number of aryl methyl sites for hydroxylation is 1. The van der Waals surface area contributed by atoms with Gasteiger partial charge in [0.15, 0.2) is 0 Å². The van der Waals surface area contributed by atoms with E-state index in [9.17, 15) is 9.90 Å². The number of methoxy groups -OCH3 is 1. The third kappa shape index (κ3) is 3.11. The average Bonchev–Trinajstić information content (AvgIpc) is 2.46. The zero-order chi connectivity index (χ0) is 14.7. The highest BCUT2D eigenvalue weighted by molar-refractivity contribution is 5.94. The summed E-state index contributed by atoms with van der Waals surface area (Å²) in [6.07, 6.45) is -0.382. The van der Waals surface area contributed by atoms with Crippen LogP contribution in [0.1, 0.15) is 22.8 Å². The lowest BCUT2D eigenvalue weighted by Gasteiger charge is -2.36. The van der Waals surface area contributed by atoms with Gasteiger partial charge in [0, 0.05) is 18.7 Å². The molecule has 0 aromatic heterocycles. The second-order valence-corrected chi connectivity index (χ2v) is 5.15. The largest absolute Gasteiger partial charge is 0.496 e. The summed E-state index contributed by atoms with van der Waals surface area (Å²) >= 11 is 0. The van der Waals surface area contributed by atoms with Gasteiger partial charge in [-0.2, -0.15) is 0 Å². The monoisotopic (exact) mass is 279 g/mol. The molecule has 0 saturated carbocycles. The fourth-order valence-electron chi connectivity index (χ4n) is 2.45. The number of aliphatic hydroxyl groups excluding tert-OH is 1. The Morgan fingerprint density at radius 2 is 2.25 bits per heavy atom.